The standard InChI is InChI=1S/C13H11F3N2O5S/c1-22-12(19)10-7-11(23-24(20,21)13(14,15)16)18(17-10)8-9-5-3-2-4-6-9/h2-7H,8H2,1H3. The summed E-state index contributed by atoms with van der Waals surface area (Å²) in [7, 11) is -4.85. The van der Waals surface area contributed by atoms with Crippen molar-refractivity contribution in [2.75, 3.05) is 7.11 Å². The second-order valence-electron chi connectivity index (χ2n) is 4.49. The Hall–Kier alpha value is -2.56. The molecule has 0 bridgehead atoms. The Bertz CT molecular complexity index is 831. The average Bonchev–Trinajstić information content (AvgIpc) is 2.88. The minimum atomic E-state index is -5.90. The van der Waals surface area contributed by atoms with Gasteiger partial charge in [0.25, 0.3) is 0 Å². The van der Waals surface area contributed by atoms with Crippen molar-refractivity contribution < 1.29 is 35.3 Å². The molecule has 0 unspecified atom stereocenters. The largest absolute Gasteiger partial charge is 0.534 e. The van der Waals surface area contributed by atoms with Crippen LogP contribution in [0.25, 0.3) is 0 Å². The summed E-state index contributed by atoms with van der Waals surface area (Å²) in [6.07, 6.45) is 0. The third-order valence-electron chi connectivity index (χ3n) is 2.79. The van der Waals surface area contributed by atoms with Crippen molar-refractivity contribution in [2.24, 2.45) is 0 Å². The van der Waals surface area contributed by atoms with Crippen LogP contribution in [0.3, 0.4) is 0 Å². The lowest BCUT2D eigenvalue weighted by molar-refractivity contribution is -0.0502. The van der Waals surface area contributed by atoms with Crippen LogP contribution in [0, 0.1) is 0 Å². The van der Waals surface area contributed by atoms with Crippen molar-refractivity contribution in [2.45, 2.75) is 12.1 Å². The highest BCUT2D eigenvalue weighted by molar-refractivity contribution is 7.87. The summed E-state index contributed by atoms with van der Waals surface area (Å²) in [4.78, 5) is 11.5. The Kier molecular flexibility index (Phi) is 4.83. The van der Waals surface area contributed by atoms with Crippen molar-refractivity contribution in [1.29, 1.82) is 0 Å². The highest BCUT2D eigenvalue weighted by atomic mass is 32.2. The molecule has 2 rings (SSSR count). The molecule has 0 radical (unpaired) electrons. The molecular formula is C13H11F3N2O5S. The fourth-order valence-electron chi connectivity index (χ4n) is 1.70. The second-order valence-corrected chi connectivity index (χ2v) is 6.02. The van der Waals surface area contributed by atoms with E-state index >= 15 is 0 Å². The topological polar surface area (TPSA) is 87.5 Å². The minimum absolute atomic E-state index is 0.111. The highest BCUT2D eigenvalue weighted by Crippen LogP contribution is 2.28. The third kappa shape index (κ3) is 3.85. The van der Waals surface area contributed by atoms with E-state index in [0.29, 0.717) is 5.56 Å². The van der Waals surface area contributed by atoms with Gasteiger partial charge in [-0.2, -0.15) is 26.7 Å². The van der Waals surface area contributed by atoms with Crippen LogP contribution >= 0.6 is 0 Å². The van der Waals surface area contributed by atoms with E-state index in [1.807, 2.05) is 0 Å². The second kappa shape index (κ2) is 6.51. The van der Waals surface area contributed by atoms with Gasteiger partial charge in [-0.25, -0.2) is 9.48 Å². The van der Waals surface area contributed by atoms with Crippen molar-refractivity contribution in [1.82, 2.24) is 9.78 Å². The predicted molar refractivity (Wildman–Crippen MR) is 74.7 cm³/mol. The van der Waals surface area contributed by atoms with E-state index in [-0.39, 0.29) is 12.2 Å². The van der Waals surface area contributed by atoms with Gasteiger partial charge in [0.15, 0.2) is 5.69 Å². The Labute approximate surface area is 134 Å². The minimum Gasteiger partial charge on any atom is -0.464 e. The van der Waals surface area contributed by atoms with Crippen LogP contribution < -0.4 is 4.18 Å². The molecule has 0 aliphatic rings. The first-order chi connectivity index (χ1) is 11.1. The van der Waals surface area contributed by atoms with E-state index < -0.39 is 27.5 Å². The first-order valence-corrected chi connectivity index (χ1v) is 7.75. The maximum Gasteiger partial charge on any atom is 0.534 e. The van der Waals surface area contributed by atoms with E-state index in [9.17, 15) is 26.4 Å². The van der Waals surface area contributed by atoms with Crippen molar-refractivity contribution in [3.8, 4) is 5.88 Å². The van der Waals surface area contributed by atoms with Crippen LogP contribution in [-0.2, 0) is 21.4 Å². The van der Waals surface area contributed by atoms with Crippen LogP contribution in [0.1, 0.15) is 16.1 Å². The molecule has 130 valence electrons. The van der Waals surface area contributed by atoms with Crippen molar-refractivity contribution in [3.05, 3.63) is 47.7 Å². The number of esters is 1. The molecule has 0 amide bonds. The number of alkyl halides is 3. The zero-order valence-corrected chi connectivity index (χ0v) is 13.0. The predicted octanol–water partition coefficient (Wildman–Crippen LogP) is 1.95. The SMILES string of the molecule is COC(=O)c1cc(OS(=O)(=O)C(F)(F)F)n(Cc2ccccc2)n1. The monoisotopic (exact) mass is 364 g/mol. The zero-order valence-electron chi connectivity index (χ0n) is 12.1. The molecule has 0 N–H and O–H groups in total. The van der Waals surface area contributed by atoms with Gasteiger partial charge in [-0.15, -0.1) is 0 Å². The maximum absolute atomic E-state index is 12.5. The Morgan fingerprint density at radius 1 is 1.25 bits per heavy atom. The summed E-state index contributed by atoms with van der Waals surface area (Å²) in [5.74, 6) is -1.70. The van der Waals surface area contributed by atoms with Crippen LogP contribution in [0.15, 0.2) is 36.4 Å². The van der Waals surface area contributed by atoms with Crippen LogP contribution in [-0.4, -0.2) is 36.8 Å². The number of hydrogen-bond acceptors (Lipinski definition) is 6. The van der Waals surface area contributed by atoms with E-state index in [4.69, 9.17) is 0 Å². The van der Waals surface area contributed by atoms with Gasteiger partial charge in [0.1, 0.15) is 0 Å². The molecule has 1 heterocycles. The van der Waals surface area contributed by atoms with E-state index in [1.165, 1.54) is 0 Å². The molecule has 0 aliphatic carbocycles. The zero-order chi connectivity index (χ0) is 18.0. The molecule has 7 nitrogen and oxygen atoms in total. The summed E-state index contributed by atoms with van der Waals surface area (Å²) in [6.45, 7) is -0.111. The number of ether oxygens (including phenoxy) is 1. The number of carbonyl (C=O) groups excluding carboxylic acids is 1. The van der Waals surface area contributed by atoms with Crippen molar-refractivity contribution >= 4 is 16.1 Å². The summed E-state index contributed by atoms with van der Waals surface area (Å²) in [6, 6.07) is 9.11. The molecule has 11 heteroatoms. The average molecular weight is 364 g/mol. The number of methoxy groups -OCH3 is 1. The molecule has 0 aliphatic heterocycles. The third-order valence-corrected chi connectivity index (χ3v) is 3.75. The van der Waals surface area contributed by atoms with Gasteiger partial charge in [-0.3, -0.25) is 0 Å². The van der Waals surface area contributed by atoms with Crippen molar-refractivity contribution in [3.63, 3.8) is 0 Å². The Morgan fingerprint density at radius 2 is 1.88 bits per heavy atom. The quantitative estimate of drug-likeness (QED) is 0.458. The smallest absolute Gasteiger partial charge is 0.464 e. The van der Waals surface area contributed by atoms with Gasteiger partial charge < -0.3 is 8.92 Å². The normalized spacial score (nSPS) is 12.0. The summed E-state index contributed by atoms with van der Waals surface area (Å²) in [5.41, 5.74) is -5.40. The molecular weight excluding hydrogens is 353 g/mol. The van der Waals surface area contributed by atoms with Gasteiger partial charge in [-0.1, -0.05) is 30.3 Å². The first-order valence-electron chi connectivity index (χ1n) is 6.35. The van der Waals surface area contributed by atoms with E-state index in [2.05, 4.69) is 14.0 Å². The van der Waals surface area contributed by atoms with Gasteiger partial charge >= 0.3 is 21.6 Å². The number of benzene rings is 1. The molecule has 1 aromatic heterocycles. The highest BCUT2D eigenvalue weighted by Gasteiger charge is 2.49. The van der Waals surface area contributed by atoms with Gasteiger partial charge in [0.2, 0.25) is 5.88 Å². The fraction of sp³-hybridized carbons (Fsp3) is 0.231. The molecule has 24 heavy (non-hydrogen) atoms. The van der Waals surface area contributed by atoms with Gasteiger partial charge in [0, 0.05) is 6.07 Å². The molecule has 0 spiro atoms. The Morgan fingerprint density at radius 3 is 2.42 bits per heavy atom. The maximum atomic E-state index is 12.5. The van der Waals surface area contributed by atoms with Gasteiger partial charge in [-0.05, 0) is 5.56 Å². The van der Waals surface area contributed by atoms with E-state index in [0.717, 1.165) is 17.9 Å². The number of aromatic nitrogens is 2. The lowest BCUT2D eigenvalue weighted by atomic mass is 10.2. The number of nitrogens with zero attached hydrogens (tertiary/aromatic N) is 2. The number of rotatable bonds is 5. The van der Waals surface area contributed by atoms with Crippen LogP contribution in [0.4, 0.5) is 13.2 Å². The molecule has 0 atom stereocenters. The van der Waals surface area contributed by atoms with Crippen LogP contribution in [0.5, 0.6) is 5.88 Å². The number of carbonyl (C=O) groups is 1. The lowest BCUT2D eigenvalue weighted by Gasteiger charge is -2.10. The van der Waals surface area contributed by atoms with E-state index in [1.54, 1.807) is 30.3 Å². The Balaban J connectivity index is 2.41. The molecule has 0 saturated heterocycles. The molecule has 1 aromatic carbocycles. The first kappa shape index (κ1) is 17.8. The van der Waals surface area contributed by atoms with Crippen LogP contribution in [0.2, 0.25) is 0 Å². The fourth-order valence-corrected chi connectivity index (χ4v) is 2.15. The molecule has 0 fully saturated rings. The van der Waals surface area contributed by atoms with Gasteiger partial charge in [0.05, 0.1) is 13.7 Å². The lowest BCUT2D eigenvalue weighted by Crippen LogP contribution is -2.29. The molecule has 2 aromatic rings. The summed E-state index contributed by atoms with van der Waals surface area (Å²) >= 11 is 0. The summed E-state index contributed by atoms with van der Waals surface area (Å²) < 4.78 is 69.1. The molecule has 0 saturated carbocycles. The number of halogens is 3. The summed E-state index contributed by atoms with van der Waals surface area (Å²) in [5, 5.41) is 3.73. The number of hydrogen-bond donors (Lipinski definition) is 0.